The molecule has 0 saturated carbocycles. The summed E-state index contributed by atoms with van der Waals surface area (Å²) in [5, 5.41) is 27.3. The molecular weight excluding hydrogens is 312 g/mol. The Kier molecular flexibility index (Phi) is 9.85. The minimum absolute atomic E-state index is 0.147. The second-order valence-electron chi connectivity index (χ2n) is 3.99. The number of nitrogens with zero attached hydrogens (tertiary/aromatic N) is 2. The van der Waals surface area contributed by atoms with E-state index in [-0.39, 0.29) is 5.96 Å². The highest BCUT2D eigenvalue weighted by Gasteiger charge is 2.00. The number of hydrogen-bond acceptors (Lipinski definition) is 4. The maximum Gasteiger partial charge on any atom is 0.291 e. The molecule has 0 fully saturated rings. The molecule has 1 aromatic rings. The van der Waals surface area contributed by atoms with Crippen molar-refractivity contribution < 1.29 is 10.3 Å². The Morgan fingerprint density at radius 2 is 2.05 bits per heavy atom. The molecule has 6 N–H and O–H groups in total. The van der Waals surface area contributed by atoms with Crippen LogP contribution in [-0.4, -0.2) is 28.8 Å². The van der Waals surface area contributed by atoms with Gasteiger partial charge in [-0.1, -0.05) is 24.9 Å². The summed E-state index contributed by atoms with van der Waals surface area (Å²) in [6, 6.07) is 7.22. The second kappa shape index (κ2) is 11.1. The number of unbranched alkanes of at least 4 members (excludes halogenated alkanes) is 1. The molecule has 0 heterocycles. The smallest absolute Gasteiger partial charge is 0.291 e. The quantitative estimate of drug-likeness (QED) is 0.187. The Labute approximate surface area is 132 Å². The fourth-order valence-electron chi connectivity index (χ4n) is 1.26. The van der Waals surface area contributed by atoms with Gasteiger partial charge in [0.15, 0.2) is 5.96 Å². The van der Waals surface area contributed by atoms with Crippen molar-refractivity contribution in [2.45, 2.75) is 19.8 Å². The van der Waals surface area contributed by atoms with Crippen LogP contribution < -0.4 is 16.4 Å². The van der Waals surface area contributed by atoms with Gasteiger partial charge in [0, 0.05) is 17.3 Å². The van der Waals surface area contributed by atoms with Crippen LogP contribution in [0.1, 0.15) is 19.8 Å². The first kappa shape index (κ1) is 19.4. The predicted octanol–water partition coefficient (Wildman–Crippen LogP) is 2.04. The van der Waals surface area contributed by atoms with E-state index in [1.807, 2.05) is 12.1 Å². The first-order valence-electron chi connectivity index (χ1n) is 6.36. The first-order valence-corrected chi connectivity index (χ1v) is 6.74. The van der Waals surface area contributed by atoms with Crippen molar-refractivity contribution in [3.63, 3.8) is 0 Å². The van der Waals surface area contributed by atoms with Gasteiger partial charge in [-0.2, -0.15) is 0 Å². The lowest BCUT2D eigenvalue weighted by Gasteiger charge is -2.11. The van der Waals surface area contributed by atoms with Crippen LogP contribution in [-0.2, 0) is 0 Å². The SMILES string of the molecule is CCCCN=C(NC(=N)N)Nc1ccc(Cl)cc1.O=[N+]([O-])O. The summed E-state index contributed by atoms with van der Waals surface area (Å²) in [5.41, 5.74) is 6.14. The van der Waals surface area contributed by atoms with Crippen LogP contribution in [0.4, 0.5) is 5.69 Å². The zero-order valence-electron chi connectivity index (χ0n) is 12.0. The topological polar surface area (TPSA) is 150 Å². The van der Waals surface area contributed by atoms with Gasteiger partial charge in [-0.05, 0) is 30.7 Å². The molecule has 9 nitrogen and oxygen atoms in total. The fraction of sp³-hybridized carbons (Fsp3) is 0.333. The molecule has 0 aliphatic carbocycles. The van der Waals surface area contributed by atoms with Crippen molar-refractivity contribution >= 4 is 29.2 Å². The highest BCUT2D eigenvalue weighted by atomic mass is 35.5. The molecule has 0 aromatic heterocycles. The maximum atomic E-state index is 8.36. The number of guanidine groups is 2. The zero-order chi connectivity index (χ0) is 17.0. The Hall–Kier alpha value is -2.55. The molecule has 0 saturated heterocycles. The molecule has 122 valence electrons. The third kappa shape index (κ3) is 11.3. The maximum absolute atomic E-state index is 8.36. The number of anilines is 1. The van der Waals surface area contributed by atoms with Gasteiger partial charge < -0.3 is 16.3 Å². The van der Waals surface area contributed by atoms with E-state index in [0.29, 0.717) is 17.5 Å². The molecule has 0 aliphatic rings. The van der Waals surface area contributed by atoms with Crippen LogP contribution in [0, 0.1) is 15.5 Å². The van der Waals surface area contributed by atoms with Crippen molar-refractivity contribution in [1.82, 2.24) is 5.32 Å². The Morgan fingerprint density at radius 1 is 1.50 bits per heavy atom. The number of hydrogen-bond donors (Lipinski definition) is 5. The Bertz CT molecular complexity index is 502. The molecule has 0 aliphatic heterocycles. The molecule has 0 spiro atoms. The van der Waals surface area contributed by atoms with Crippen LogP contribution in [0.25, 0.3) is 0 Å². The van der Waals surface area contributed by atoms with Crippen LogP contribution in [0.2, 0.25) is 5.02 Å². The third-order valence-electron chi connectivity index (χ3n) is 2.14. The minimum atomic E-state index is -1.50. The average Bonchev–Trinajstić information content (AvgIpc) is 2.40. The second-order valence-corrected chi connectivity index (χ2v) is 4.43. The molecular formula is C12H19ClN6O3. The van der Waals surface area contributed by atoms with Crippen molar-refractivity contribution in [2.24, 2.45) is 10.7 Å². The summed E-state index contributed by atoms with van der Waals surface area (Å²) in [5.74, 6) is 0.324. The molecule has 0 amide bonds. The van der Waals surface area contributed by atoms with Crippen molar-refractivity contribution in [3.05, 3.63) is 39.4 Å². The van der Waals surface area contributed by atoms with Crippen LogP contribution in [0.5, 0.6) is 0 Å². The van der Waals surface area contributed by atoms with E-state index in [0.717, 1.165) is 18.5 Å². The summed E-state index contributed by atoms with van der Waals surface area (Å²) >= 11 is 5.81. The van der Waals surface area contributed by atoms with Gasteiger partial charge in [-0.25, -0.2) is 0 Å². The molecule has 0 radical (unpaired) electrons. The Morgan fingerprint density at radius 3 is 2.50 bits per heavy atom. The lowest BCUT2D eigenvalue weighted by atomic mass is 10.3. The van der Waals surface area contributed by atoms with Gasteiger partial charge in [-0.15, -0.1) is 10.1 Å². The summed E-state index contributed by atoms with van der Waals surface area (Å²) in [4.78, 5) is 12.7. The van der Waals surface area contributed by atoms with E-state index >= 15 is 0 Å². The van der Waals surface area contributed by atoms with Crippen LogP contribution in [0.3, 0.4) is 0 Å². The normalized spacial score (nSPS) is 10.2. The van der Waals surface area contributed by atoms with Crippen molar-refractivity contribution in [3.8, 4) is 0 Å². The standard InChI is InChI=1S/C12H18ClN5.HNO3/c1-2-3-8-16-12(18-11(14)15)17-10-6-4-9(13)5-7-10;2-1(3)4/h4-7H,2-3,8H2,1H3,(H5,14,15,16,17,18);(H,2,3,4). The van der Waals surface area contributed by atoms with Crippen LogP contribution >= 0.6 is 11.6 Å². The molecule has 10 heteroatoms. The van der Waals surface area contributed by atoms with Gasteiger partial charge in [0.1, 0.15) is 0 Å². The number of nitrogens with two attached hydrogens (primary N) is 1. The highest BCUT2D eigenvalue weighted by molar-refractivity contribution is 6.30. The highest BCUT2D eigenvalue weighted by Crippen LogP contribution is 2.13. The third-order valence-corrected chi connectivity index (χ3v) is 2.39. The summed E-state index contributed by atoms with van der Waals surface area (Å²) in [7, 11) is 0. The molecule has 0 atom stereocenters. The van der Waals surface area contributed by atoms with Gasteiger partial charge in [0.25, 0.3) is 5.09 Å². The van der Waals surface area contributed by atoms with Gasteiger partial charge in [0.2, 0.25) is 5.96 Å². The number of rotatable bonds is 4. The summed E-state index contributed by atoms with van der Waals surface area (Å²) < 4.78 is 0. The van der Waals surface area contributed by atoms with E-state index in [2.05, 4.69) is 22.5 Å². The number of benzene rings is 1. The van der Waals surface area contributed by atoms with E-state index in [1.165, 1.54) is 0 Å². The minimum Gasteiger partial charge on any atom is -0.370 e. The van der Waals surface area contributed by atoms with Gasteiger partial charge >= 0.3 is 0 Å². The number of halogens is 1. The monoisotopic (exact) mass is 330 g/mol. The largest absolute Gasteiger partial charge is 0.370 e. The first-order chi connectivity index (χ1) is 10.3. The molecule has 0 unspecified atom stereocenters. The predicted molar refractivity (Wildman–Crippen MR) is 86.1 cm³/mol. The van der Waals surface area contributed by atoms with Gasteiger partial charge in [0.05, 0.1) is 0 Å². The summed E-state index contributed by atoms with van der Waals surface area (Å²) in [6.45, 7) is 2.78. The van der Waals surface area contributed by atoms with Crippen molar-refractivity contribution in [2.75, 3.05) is 11.9 Å². The lowest BCUT2D eigenvalue weighted by molar-refractivity contribution is -0.742. The van der Waals surface area contributed by atoms with Gasteiger partial charge in [-0.3, -0.25) is 15.7 Å². The molecule has 22 heavy (non-hydrogen) atoms. The van der Waals surface area contributed by atoms with Crippen LogP contribution in [0.15, 0.2) is 29.3 Å². The van der Waals surface area contributed by atoms with Crippen molar-refractivity contribution in [1.29, 1.82) is 5.41 Å². The molecule has 0 bridgehead atoms. The number of aliphatic imine (C=N–C) groups is 1. The zero-order valence-corrected chi connectivity index (χ0v) is 12.8. The number of nitrogens with one attached hydrogen (secondary N) is 3. The fourth-order valence-corrected chi connectivity index (χ4v) is 1.38. The van der Waals surface area contributed by atoms with E-state index < -0.39 is 5.09 Å². The van der Waals surface area contributed by atoms with E-state index in [9.17, 15) is 0 Å². The lowest BCUT2D eigenvalue weighted by Crippen LogP contribution is -2.40. The molecule has 1 aromatic carbocycles. The van der Waals surface area contributed by atoms with E-state index in [4.69, 9.17) is 38.1 Å². The molecule has 1 rings (SSSR count). The average molecular weight is 331 g/mol. The summed E-state index contributed by atoms with van der Waals surface area (Å²) in [6.07, 6.45) is 2.06. The van der Waals surface area contributed by atoms with E-state index in [1.54, 1.807) is 12.1 Å². The Balaban J connectivity index is 0.000000980.